The molecule has 4 aromatic rings. The van der Waals surface area contributed by atoms with Crippen molar-refractivity contribution in [3.63, 3.8) is 0 Å². The number of nitrogens with zero attached hydrogens (tertiary/aromatic N) is 2. The highest BCUT2D eigenvalue weighted by Crippen LogP contribution is 2.28. The monoisotopic (exact) mass is 454 g/mol. The molecule has 0 bridgehead atoms. The van der Waals surface area contributed by atoms with Gasteiger partial charge >= 0.3 is 0 Å². The van der Waals surface area contributed by atoms with Crippen LogP contribution in [-0.2, 0) is 19.4 Å². The van der Waals surface area contributed by atoms with E-state index in [-0.39, 0.29) is 5.92 Å². The predicted molar refractivity (Wildman–Crippen MR) is 143 cm³/mol. The molecule has 0 saturated carbocycles. The summed E-state index contributed by atoms with van der Waals surface area (Å²) in [6.45, 7) is 10.7. The van der Waals surface area contributed by atoms with Crippen molar-refractivity contribution in [3.8, 4) is 5.75 Å². The summed E-state index contributed by atoms with van der Waals surface area (Å²) in [5.74, 6) is 3.02. The zero-order valence-electron chi connectivity index (χ0n) is 21.1. The van der Waals surface area contributed by atoms with Crippen molar-refractivity contribution in [2.24, 2.45) is 5.92 Å². The van der Waals surface area contributed by atoms with Gasteiger partial charge in [0.1, 0.15) is 11.6 Å². The van der Waals surface area contributed by atoms with Crippen LogP contribution < -0.4 is 4.74 Å². The molecule has 3 heteroatoms. The van der Waals surface area contributed by atoms with E-state index in [1.54, 1.807) is 0 Å². The Bertz CT molecular complexity index is 1170. The molecule has 1 atom stereocenters. The molecule has 3 nitrogen and oxygen atoms in total. The van der Waals surface area contributed by atoms with Crippen molar-refractivity contribution >= 4 is 11.0 Å². The average molecular weight is 455 g/mol. The number of hydrogen-bond donors (Lipinski definition) is 0. The van der Waals surface area contributed by atoms with Gasteiger partial charge in [-0.15, -0.1) is 0 Å². The largest absolute Gasteiger partial charge is 0.494 e. The zero-order valence-corrected chi connectivity index (χ0v) is 21.1. The second kappa shape index (κ2) is 11.4. The lowest BCUT2D eigenvalue weighted by Crippen LogP contribution is -2.10. The van der Waals surface area contributed by atoms with Crippen LogP contribution in [0.15, 0.2) is 72.8 Å². The Kier molecular flexibility index (Phi) is 8.05. The zero-order chi connectivity index (χ0) is 23.9. The second-order valence-electron chi connectivity index (χ2n) is 9.72. The van der Waals surface area contributed by atoms with E-state index in [1.165, 1.54) is 22.2 Å². The Morgan fingerprint density at radius 2 is 1.53 bits per heavy atom. The van der Waals surface area contributed by atoms with E-state index in [0.29, 0.717) is 5.92 Å². The minimum Gasteiger partial charge on any atom is -0.494 e. The first-order valence-corrected chi connectivity index (χ1v) is 12.8. The second-order valence-corrected chi connectivity index (χ2v) is 9.72. The molecular formula is C31H38N2O. The normalized spacial score (nSPS) is 12.4. The third-order valence-corrected chi connectivity index (χ3v) is 6.57. The number of rotatable bonds is 11. The van der Waals surface area contributed by atoms with Crippen LogP contribution in [0.2, 0.25) is 0 Å². The highest BCUT2D eigenvalue weighted by molar-refractivity contribution is 5.76. The van der Waals surface area contributed by atoms with E-state index in [9.17, 15) is 0 Å². The van der Waals surface area contributed by atoms with E-state index in [0.717, 1.165) is 55.9 Å². The third kappa shape index (κ3) is 5.88. The molecule has 0 aliphatic rings. The van der Waals surface area contributed by atoms with E-state index in [2.05, 4.69) is 105 Å². The molecule has 0 saturated heterocycles. The van der Waals surface area contributed by atoms with E-state index in [1.807, 2.05) is 0 Å². The molecule has 1 heterocycles. The summed E-state index contributed by atoms with van der Waals surface area (Å²) < 4.78 is 8.39. The third-order valence-electron chi connectivity index (χ3n) is 6.57. The molecule has 0 aliphatic carbocycles. The Morgan fingerprint density at radius 3 is 2.24 bits per heavy atom. The van der Waals surface area contributed by atoms with Gasteiger partial charge in [0.05, 0.1) is 17.6 Å². The maximum absolute atomic E-state index is 5.97. The molecule has 1 unspecified atom stereocenters. The summed E-state index contributed by atoms with van der Waals surface area (Å²) in [6.07, 6.45) is 4.25. The number of para-hydroxylation sites is 2. The molecule has 34 heavy (non-hydrogen) atoms. The van der Waals surface area contributed by atoms with Crippen LogP contribution in [0.5, 0.6) is 5.75 Å². The van der Waals surface area contributed by atoms with Crippen molar-refractivity contribution in [3.05, 3.63) is 95.3 Å². The van der Waals surface area contributed by atoms with Crippen LogP contribution in [0.1, 0.15) is 69.0 Å². The topological polar surface area (TPSA) is 27.1 Å². The maximum Gasteiger partial charge on any atom is 0.119 e. The molecular weight excluding hydrogens is 416 g/mol. The average Bonchev–Trinajstić information content (AvgIpc) is 3.22. The van der Waals surface area contributed by atoms with Crippen molar-refractivity contribution in [2.75, 3.05) is 6.61 Å². The number of benzene rings is 3. The summed E-state index contributed by atoms with van der Waals surface area (Å²) in [6, 6.07) is 26.1. The highest BCUT2D eigenvalue weighted by Gasteiger charge is 2.18. The van der Waals surface area contributed by atoms with Gasteiger partial charge in [-0.25, -0.2) is 4.98 Å². The standard InChI is InChI=1S/C31H38N2O/c1-5-25-14-18-28(19-15-25)34-21-9-8-20-33-30-11-7-6-10-29(30)32-31(33)24(4)27-16-12-26(13-17-27)22-23(2)3/h6-7,10-19,23-24H,5,8-9,20-22H2,1-4H3. The van der Waals surface area contributed by atoms with Crippen LogP contribution >= 0.6 is 0 Å². The van der Waals surface area contributed by atoms with E-state index in [4.69, 9.17) is 9.72 Å². The summed E-state index contributed by atoms with van der Waals surface area (Å²) in [7, 11) is 0. The van der Waals surface area contributed by atoms with Gasteiger partial charge in [0.2, 0.25) is 0 Å². The smallest absolute Gasteiger partial charge is 0.119 e. The van der Waals surface area contributed by atoms with Gasteiger partial charge in [-0.3, -0.25) is 0 Å². The van der Waals surface area contributed by atoms with Crippen molar-refractivity contribution in [2.45, 2.75) is 65.8 Å². The number of ether oxygens (including phenoxy) is 1. The number of fused-ring (bicyclic) bond motifs is 1. The number of imidazole rings is 1. The van der Waals surface area contributed by atoms with Crippen LogP contribution in [0.25, 0.3) is 11.0 Å². The van der Waals surface area contributed by atoms with Gasteiger partial charge < -0.3 is 9.30 Å². The number of aromatic nitrogens is 2. The first kappa shape index (κ1) is 24.1. The first-order valence-electron chi connectivity index (χ1n) is 12.8. The predicted octanol–water partition coefficient (Wildman–Crippen LogP) is 7.81. The molecule has 4 rings (SSSR count). The van der Waals surface area contributed by atoms with Crippen LogP contribution in [0, 0.1) is 5.92 Å². The van der Waals surface area contributed by atoms with Gasteiger partial charge in [0, 0.05) is 12.5 Å². The molecule has 0 spiro atoms. The Hall–Kier alpha value is -3.07. The van der Waals surface area contributed by atoms with Crippen molar-refractivity contribution in [1.82, 2.24) is 9.55 Å². The fraction of sp³-hybridized carbons (Fsp3) is 0.387. The summed E-state index contributed by atoms with van der Waals surface area (Å²) in [5, 5.41) is 0. The Labute approximate surface area is 204 Å². The number of hydrogen-bond acceptors (Lipinski definition) is 2. The van der Waals surface area contributed by atoms with Crippen LogP contribution in [-0.4, -0.2) is 16.2 Å². The SMILES string of the molecule is CCc1ccc(OCCCCn2c(C(C)c3ccc(CC(C)C)cc3)nc3ccccc32)cc1. The molecule has 0 radical (unpaired) electrons. The summed E-state index contributed by atoms with van der Waals surface area (Å²) >= 11 is 0. The van der Waals surface area contributed by atoms with E-state index < -0.39 is 0 Å². The fourth-order valence-electron chi connectivity index (χ4n) is 4.61. The lowest BCUT2D eigenvalue weighted by Gasteiger charge is -2.16. The molecule has 178 valence electrons. The molecule has 0 fully saturated rings. The van der Waals surface area contributed by atoms with Gasteiger partial charge in [0.15, 0.2) is 0 Å². The highest BCUT2D eigenvalue weighted by atomic mass is 16.5. The summed E-state index contributed by atoms with van der Waals surface area (Å²) in [4.78, 5) is 5.05. The Balaban J connectivity index is 1.43. The van der Waals surface area contributed by atoms with Gasteiger partial charge in [-0.05, 0) is 72.6 Å². The van der Waals surface area contributed by atoms with Crippen LogP contribution in [0.4, 0.5) is 0 Å². The van der Waals surface area contributed by atoms with Crippen LogP contribution in [0.3, 0.4) is 0 Å². The van der Waals surface area contributed by atoms with E-state index >= 15 is 0 Å². The number of aryl methyl sites for hydroxylation is 2. The van der Waals surface area contributed by atoms with Gasteiger partial charge in [-0.2, -0.15) is 0 Å². The van der Waals surface area contributed by atoms with Gasteiger partial charge in [0.25, 0.3) is 0 Å². The molecule has 3 aromatic carbocycles. The quantitative estimate of drug-likeness (QED) is 0.216. The Morgan fingerprint density at radius 1 is 0.824 bits per heavy atom. The van der Waals surface area contributed by atoms with Crippen molar-refractivity contribution in [1.29, 1.82) is 0 Å². The molecule has 1 aromatic heterocycles. The summed E-state index contributed by atoms with van der Waals surface area (Å²) in [5.41, 5.74) is 6.37. The molecule has 0 N–H and O–H groups in total. The minimum atomic E-state index is 0.244. The molecule has 0 aliphatic heterocycles. The lowest BCUT2D eigenvalue weighted by atomic mass is 9.96. The lowest BCUT2D eigenvalue weighted by molar-refractivity contribution is 0.303. The molecule has 0 amide bonds. The number of unbranched alkanes of at least 4 members (excludes halogenated alkanes) is 1. The van der Waals surface area contributed by atoms with Crippen molar-refractivity contribution < 1.29 is 4.74 Å². The maximum atomic E-state index is 5.97. The van der Waals surface area contributed by atoms with Gasteiger partial charge in [-0.1, -0.05) is 76.2 Å². The fourth-order valence-corrected chi connectivity index (χ4v) is 4.61. The first-order chi connectivity index (χ1) is 16.5. The minimum absolute atomic E-state index is 0.244.